The molecule has 17 heavy (non-hydrogen) atoms. The van der Waals surface area contributed by atoms with Gasteiger partial charge >= 0.3 is 0 Å². The Morgan fingerprint density at radius 2 is 2.24 bits per heavy atom. The van der Waals surface area contributed by atoms with Gasteiger partial charge in [0.05, 0.1) is 17.8 Å². The van der Waals surface area contributed by atoms with Gasteiger partial charge in [-0.25, -0.2) is 0 Å². The number of hydrogen-bond donors (Lipinski definition) is 1. The fraction of sp³-hybridized carbons (Fsp3) is 0.231. The van der Waals surface area contributed by atoms with E-state index in [9.17, 15) is 4.79 Å². The van der Waals surface area contributed by atoms with Crippen LogP contribution in [0.25, 0.3) is 0 Å². The number of nitrogens with one attached hydrogen (secondary N) is 1. The minimum absolute atomic E-state index is 0.0301. The van der Waals surface area contributed by atoms with E-state index in [0.29, 0.717) is 6.54 Å². The Balaban J connectivity index is 2.01. The molecule has 0 bridgehead atoms. The van der Waals surface area contributed by atoms with Crippen LogP contribution in [0.1, 0.15) is 26.5 Å². The maximum absolute atomic E-state index is 11.9. The van der Waals surface area contributed by atoms with Gasteiger partial charge in [-0.3, -0.25) is 9.78 Å². The monoisotopic (exact) mass is 246 g/mol. The number of hydrogen-bond acceptors (Lipinski definition) is 3. The Bertz CT molecular complexity index is 519. The van der Waals surface area contributed by atoms with Crippen LogP contribution in [0.15, 0.2) is 29.8 Å². The molecule has 0 atom stereocenters. The highest BCUT2D eigenvalue weighted by Crippen LogP contribution is 2.20. The maximum Gasteiger partial charge on any atom is 0.252 e. The summed E-state index contributed by atoms with van der Waals surface area (Å²) in [5.41, 5.74) is 2.70. The predicted molar refractivity (Wildman–Crippen MR) is 69.2 cm³/mol. The van der Waals surface area contributed by atoms with E-state index in [1.54, 1.807) is 17.5 Å². The van der Waals surface area contributed by atoms with E-state index in [4.69, 9.17) is 0 Å². The number of carbonyl (C=O) groups is 1. The van der Waals surface area contributed by atoms with Crippen LogP contribution in [0, 0.1) is 13.8 Å². The van der Waals surface area contributed by atoms with Gasteiger partial charge < -0.3 is 5.32 Å². The van der Waals surface area contributed by atoms with Crippen molar-refractivity contribution in [1.82, 2.24) is 10.3 Å². The third kappa shape index (κ3) is 2.71. The average Bonchev–Trinajstić information content (AvgIpc) is 2.69. The molecule has 0 aromatic carbocycles. The van der Waals surface area contributed by atoms with Crippen LogP contribution >= 0.6 is 11.3 Å². The summed E-state index contributed by atoms with van der Waals surface area (Å²) in [5.74, 6) is -0.0301. The molecule has 0 aliphatic rings. The summed E-state index contributed by atoms with van der Waals surface area (Å²) in [6.07, 6.45) is 1.72. The van der Waals surface area contributed by atoms with Crippen molar-refractivity contribution in [3.8, 4) is 0 Å². The highest BCUT2D eigenvalue weighted by atomic mass is 32.1. The lowest BCUT2D eigenvalue weighted by Crippen LogP contribution is -2.23. The summed E-state index contributed by atoms with van der Waals surface area (Å²) in [6.45, 7) is 4.46. The first-order valence-corrected chi connectivity index (χ1v) is 6.29. The molecular formula is C13H14N2OS. The Kier molecular flexibility index (Phi) is 3.54. The molecule has 0 saturated carbocycles. The first-order valence-electron chi connectivity index (χ1n) is 5.41. The molecule has 0 radical (unpaired) electrons. The van der Waals surface area contributed by atoms with Crippen LogP contribution in [0.4, 0.5) is 0 Å². The zero-order valence-corrected chi connectivity index (χ0v) is 10.7. The fourth-order valence-electron chi connectivity index (χ4n) is 1.51. The second-order valence-electron chi connectivity index (χ2n) is 3.83. The van der Waals surface area contributed by atoms with Crippen LogP contribution in [0.2, 0.25) is 0 Å². The summed E-state index contributed by atoms with van der Waals surface area (Å²) in [6, 6.07) is 5.66. The lowest BCUT2D eigenvalue weighted by atomic mass is 10.1. The highest BCUT2D eigenvalue weighted by Gasteiger charge is 2.11. The lowest BCUT2D eigenvalue weighted by Gasteiger charge is -2.04. The largest absolute Gasteiger partial charge is 0.346 e. The van der Waals surface area contributed by atoms with Crippen LogP contribution < -0.4 is 5.32 Å². The number of aryl methyl sites for hydroxylation is 1. The molecular weight excluding hydrogens is 232 g/mol. The number of amides is 1. The van der Waals surface area contributed by atoms with Crippen LogP contribution in [-0.2, 0) is 6.54 Å². The van der Waals surface area contributed by atoms with E-state index in [1.165, 1.54) is 4.88 Å². The van der Waals surface area contributed by atoms with Crippen molar-refractivity contribution in [1.29, 1.82) is 0 Å². The van der Waals surface area contributed by atoms with Gasteiger partial charge in [-0.1, -0.05) is 6.07 Å². The zero-order chi connectivity index (χ0) is 12.3. The topological polar surface area (TPSA) is 42.0 Å². The van der Waals surface area contributed by atoms with Gasteiger partial charge in [0.1, 0.15) is 0 Å². The van der Waals surface area contributed by atoms with E-state index in [-0.39, 0.29) is 5.91 Å². The van der Waals surface area contributed by atoms with Gasteiger partial charge in [0.25, 0.3) is 5.91 Å². The van der Waals surface area contributed by atoms with Crippen molar-refractivity contribution in [2.75, 3.05) is 0 Å². The van der Waals surface area contributed by atoms with E-state index >= 15 is 0 Å². The minimum atomic E-state index is -0.0301. The second kappa shape index (κ2) is 5.10. The summed E-state index contributed by atoms with van der Waals surface area (Å²) >= 11 is 1.60. The van der Waals surface area contributed by atoms with Crippen molar-refractivity contribution < 1.29 is 4.79 Å². The van der Waals surface area contributed by atoms with Gasteiger partial charge in [0, 0.05) is 16.5 Å². The van der Waals surface area contributed by atoms with Crippen molar-refractivity contribution in [2.45, 2.75) is 20.4 Å². The quantitative estimate of drug-likeness (QED) is 0.904. The molecule has 2 aromatic rings. The molecule has 2 aromatic heterocycles. The smallest absolute Gasteiger partial charge is 0.252 e. The average molecular weight is 246 g/mol. The summed E-state index contributed by atoms with van der Waals surface area (Å²) in [5, 5.41) is 4.78. The number of nitrogens with zero attached hydrogens (tertiary/aromatic N) is 1. The number of thiophene rings is 1. The van der Waals surface area contributed by atoms with Crippen molar-refractivity contribution >= 4 is 17.2 Å². The molecule has 2 heterocycles. The normalized spacial score (nSPS) is 10.2. The van der Waals surface area contributed by atoms with Crippen LogP contribution in [0.5, 0.6) is 0 Å². The van der Waals surface area contributed by atoms with Gasteiger partial charge in [0.2, 0.25) is 0 Å². The van der Waals surface area contributed by atoms with Crippen molar-refractivity contribution in [3.05, 3.63) is 51.5 Å². The molecule has 0 aliphatic carbocycles. The SMILES string of the molecule is Cc1scc(C(=O)NCc2ccccn2)c1C. The zero-order valence-electron chi connectivity index (χ0n) is 9.86. The van der Waals surface area contributed by atoms with Gasteiger partial charge in [0.15, 0.2) is 0 Å². The summed E-state index contributed by atoms with van der Waals surface area (Å²) in [4.78, 5) is 17.3. The second-order valence-corrected chi connectivity index (χ2v) is 4.92. The van der Waals surface area contributed by atoms with Crippen molar-refractivity contribution in [3.63, 3.8) is 0 Å². The first-order chi connectivity index (χ1) is 8.18. The minimum Gasteiger partial charge on any atom is -0.346 e. The van der Waals surface area contributed by atoms with E-state index < -0.39 is 0 Å². The van der Waals surface area contributed by atoms with E-state index in [2.05, 4.69) is 10.3 Å². The third-order valence-corrected chi connectivity index (χ3v) is 3.70. The van der Waals surface area contributed by atoms with Gasteiger partial charge in [-0.05, 0) is 31.5 Å². The number of carbonyl (C=O) groups excluding carboxylic acids is 1. The lowest BCUT2D eigenvalue weighted by molar-refractivity contribution is 0.0950. The van der Waals surface area contributed by atoms with Gasteiger partial charge in [-0.2, -0.15) is 0 Å². The van der Waals surface area contributed by atoms with E-state index in [0.717, 1.165) is 16.8 Å². The molecule has 0 saturated heterocycles. The Hall–Kier alpha value is -1.68. The molecule has 0 spiro atoms. The van der Waals surface area contributed by atoms with Crippen molar-refractivity contribution in [2.24, 2.45) is 0 Å². The predicted octanol–water partition coefficient (Wildman–Crippen LogP) is 2.69. The molecule has 0 fully saturated rings. The highest BCUT2D eigenvalue weighted by molar-refractivity contribution is 7.10. The Morgan fingerprint density at radius 3 is 2.82 bits per heavy atom. The summed E-state index contributed by atoms with van der Waals surface area (Å²) < 4.78 is 0. The molecule has 4 heteroatoms. The maximum atomic E-state index is 11.9. The molecule has 88 valence electrons. The molecule has 1 N–H and O–H groups in total. The standard InChI is InChI=1S/C13H14N2OS/c1-9-10(2)17-8-12(9)13(16)15-7-11-5-3-4-6-14-11/h3-6,8H,7H2,1-2H3,(H,15,16). The number of rotatable bonds is 3. The van der Waals surface area contributed by atoms with Crippen LogP contribution in [0.3, 0.4) is 0 Å². The fourth-order valence-corrected chi connectivity index (χ4v) is 2.37. The summed E-state index contributed by atoms with van der Waals surface area (Å²) in [7, 11) is 0. The Labute approximate surface area is 105 Å². The molecule has 1 amide bonds. The molecule has 0 aliphatic heterocycles. The number of pyridine rings is 1. The molecule has 3 nitrogen and oxygen atoms in total. The molecule has 2 rings (SSSR count). The molecule has 0 unspecified atom stereocenters. The Morgan fingerprint density at radius 1 is 1.41 bits per heavy atom. The number of aromatic nitrogens is 1. The van der Waals surface area contributed by atoms with Gasteiger partial charge in [-0.15, -0.1) is 11.3 Å². The van der Waals surface area contributed by atoms with Crippen LogP contribution in [-0.4, -0.2) is 10.9 Å². The first kappa shape index (κ1) is 11.8. The third-order valence-electron chi connectivity index (χ3n) is 2.69. The van der Waals surface area contributed by atoms with E-state index in [1.807, 2.05) is 37.4 Å².